The van der Waals surface area contributed by atoms with Crippen LogP contribution in [0.2, 0.25) is 0 Å². The van der Waals surface area contributed by atoms with Crippen molar-refractivity contribution in [2.24, 2.45) is 11.8 Å². The molecule has 2 aromatic rings. The third kappa shape index (κ3) is 6.17. The Labute approximate surface area is 170 Å². The number of nitrogens with one attached hydrogen (secondary N) is 2. The predicted octanol–water partition coefficient (Wildman–Crippen LogP) is 3.49. The lowest BCUT2D eigenvalue weighted by Crippen LogP contribution is -2.37. The van der Waals surface area contributed by atoms with Gasteiger partial charge in [0.15, 0.2) is 0 Å². The van der Waals surface area contributed by atoms with Crippen molar-refractivity contribution in [2.45, 2.75) is 38.6 Å². The molecule has 2 aromatic carbocycles. The number of aliphatic carboxylic acids is 1. The minimum atomic E-state index is -0.892. The molecule has 3 N–H and O–H groups in total. The number of carboxylic acid groups (broad SMARTS) is 1. The molecule has 2 amide bonds. The van der Waals surface area contributed by atoms with Crippen LogP contribution in [0.15, 0.2) is 54.6 Å². The van der Waals surface area contributed by atoms with Gasteiger partial charge in [0.25, 0.3) is 5.91 Å². The number of carboxylic acids is 1. The van der Waals surface area contributed by atoms with Gasteiger partial charge in [-0.25, -0.2) is 0 Å². The van der Waals surface area contributed by atoms with Gasteiger partial charge in [0, 0.05) is 29.6 Å². The fourth-order valence-corrected chi connectivity index (χ4v) is 3.35. The normalized spacial score (nSPS) is 18.5. The maximum absolute atomic E-state index is 12.8. The van der Waals surface area contributed by atoms with Crippen LogP contribution in [0, 0.1) is 11.8 Å². The van der Waals surface area contributed by atoms with E-state index >= 15 is 0 Å². The van der Waals surface area contributed by atoms with E-state index in [0.29, 0.717) is 30.0 Å². The molecule has 29 heavy (non-hydrogen) atoms. The Morgan fingerprint density at radius 2 is 1.83 bits per heavy atom. The predicted molar refractivity (Wildman–Crippen MR) is 111 cm³/mol. The second-order valence-corrected chi connectivity index (χ2v) is 7.68. The Morgan fingerprint density at radius 1 is 1.10 bits per heavy atom. The highest BCUT2D eigenvalue weighted by Crippen LogP contribution is 2.38. The Balaban J connectivity index is 1.65. The van der Waals surface area contributed by atoms with Gasteiger partial charge in [0.1, 0.15) is 0 Å². The molecule has 6 heteroatoms. The third-order valence-corrected chi connectivity index (χ3v) is 5.21. The maximum atomic E-state index is 12.8. The van der Waals surface area contributed by atoms with E-state index in [-0.39, 0.29) is 30.2 Å². The summed E-state index contributed by atoms with van der Waals surface area (Å²) in [6.07, 6.45) is 1.77. The third-order valence-electron chi connectivity index (χ3n) is 5.21. The first-order valence-electron chi connectivity index (χ1n) is 9.90. The topological polar surface area (TPSA) is 95.5 Å². The van der Waals surface area contributed by atoms with Crippen LogP contribution in [-0.4, -0.2) is 28.9 Å². The smallest absolute Gasteiger partial charge is 0.303 e. The number of benzene rings is 2. The standard InChI is InChI=1S/C23H26N2O4/c1-15-12-20(15)23(29)25-18-9-5-8-17(14-18)22(28)24-19(10-11-21(26)27)13-16-6-3-2-4-7-16/h2-9,14-15,19-20H,10-13H2,1H3,(H,24,28)(H,25,29)(H,26,27). The second kappa shape index (κ2) is 9.37. The lowest BCUT2D eigenvalue weighted by molar-refractivity contribution is -0.137. The average molecular weight is 394 g/mol. The van der Waals surface area contributed by atoms with Crippen LogP contribution in [0.3, 0.4) is 0 Å². The van der Waals surface area contributed by atoms with Crippen molar-refractivity contribution in [3.05, 3.63) is 65.7 Å². The molecule has 0 saturated heterocycles. The van der Waals surface area contributed by atoms with Gasteiger partial charge in [-0.3, -0.25) is 14.4 Å². The highest BCUT2D eigenvalue weighted by atomic mass is 16.4. The molecular weight excluding hydrogens is 368 g/mol. The number of anilines is 1. The summed E-state index contributed by atoms with van der Waals surface area (Å²) >= 11 is 0. The molecule has 0 spiro atoms. The molecule has 1 saturated carbocycles. The van der Waals surface area contributed by atoms with E-state index in [9.17, 15) is 14.4 Å². The summed E-state index contributed by atoms with van der Waals surface area (Å²) in [5, 5.41) is 14.8. The molecule has 3 rings (SSSR count). The summed E-state index contributed by atoms with van der Waals surface area (Å²) < 4.78 is 0. The van der Waals surface area contributed by atoms with Crippen LogP contribution in [0.25, 0.3) is 0 Å². The lowest BCUT2D eigenvalue weighted by atomic mass is 10.0. The van der Waals surface area contributed by atoms with Gasteiger partial charge in [0.05, 0.1) is 0 Å². The minimum Gasteiger partial charge on any atom is -0.481 e. The minimum absolute atomic E-state index is 0.0153. The zero-order valence-electron chi connectivity index (χ0n) is 16.4. The van der Waals surface area contributed by atoms with Gasteiger partial charge in [-0.05, 0) is 48.9 Å². The molecule has 0 aromatic heterocycles. The number of amides is 2. The van der Waals surface area contributed by atoms with Gasteiger partial charge >= 0.3 is 5.97 Å². The average Bonchev–Trinajstić information content (AvgIpc) is 3.44. The number of rotatable bonds is 9. The lowest BCUT2D eigenvalue weighted by Gasteiger charge is -2.18. The Kier molecular flexibility index (Phi) is 6.65. The van der Waals surface area contributed by atoms with E-state index in [4.69, 9.17) is 5.11 Å². The summed E-state index contributed by atoms with van der Waals surface area (Å²) in [6, 6.07) is 16.2. The van der Waals surface area contributed by atoms with E-state index in [1.807, 2.05) is 37.3 Å². The zero-order valence-corrected chi connectivity index (χ0v) is 16.4. The van der Waals surface area contributed by atoms with Gasteiger partial charge in [-0.2, -0.15) is 0 Å². The van der Waals surface area contributed by atoms with Crippen molar-refractivity contribution >= 4 is 23.5 Å². The number of carbonyl (C=O) groups is 3. The summed E-state index contributed by atoms with van der Waals surface area (Å²) in [4.78, 5) is 35.9. The van der Waals surface area contributed by atoms with Crippen LogP contribution < -0.4 is 10.6 Å². The highest BCUT2D eigenvalue weighted by molar-refractivity contribution is 5.98. The Hall–Kier alpha value is -3.15. The van der Waals surface area contributed by atoms with Crippen molar-refractivity contribution in [2.75, 3.05) is 5.32 Å². The molecule has 0 heterocycles. The molecule has 3 atom stereocenters. The fourth-order valence-electron chi connectivity index (χ4n) is 3.35. The molecule has 1 fully saturated rings. The fraction of sp³-hybridized carbons (Fsp3) is 0.348. The summed E-state index contributed by atoms with van der Waals surface area (Å²) in [7, 11) is 0. The highest BCUT2D eigenvalue weighted by Gasteiger charge is 2.39. The zero-order chi connectivity index (χ0) is 20.8. The van der Waals surface area contributed by atoms with Crippen LogP contribution in [-0.2, 0) is 16.0 Å². The first kappa shape index (κ1) is 20.6. The quantitative estimate of drug-likeness (QED) is 0.607. The van der Waals surface area contributed by atoms with Gasteiger partial charge < -0.3 is 15.7 Å². The largest absolute Gasteiger partial charge is 0.481 e. The molecular formula is C23H26N2O4. The maximum Gasteiger partial charge on any atom is 0.303 e. The summed E-state index contributed by atoms with van der Waals surface area (Å²) in [5.74, 6) is -0.727. The summed E-state index contributed by atoms with van der Waals surface area (Å²) in [6.45, 7) is 2.04. The van der Waals surface area contributed by atoms with Crippen molar-refractivity contribution in [1.82, 2.24) is 5.32 Å². The monoisotopic (exact) mass is 394 g/mol. The van der Waals surface area contributed by atoms with E-state index < -0.39 is 5.97 Å². The molecule has 0 bridgehead atoms. The Bertz CT molecular complexity index is 881. The first-order valence-corrected chi connectivity index (χ1v) is 9.90. The van der Waals surface area contributed by atoms with Gasteiger partial charge in [0.2, 0.25) is 5.91 Å². The summed E-state index contributed by atoms with van der Waals surface area (Å²) in [5.41, 5.74) is 2.05. The number of carbonyl (C=O) groups excluding carboxylic acids is 2. The van der Waals surface area contributed by atoms with Gasteiger partial charge in [-0.15, -0.1) is 0 Å². The van der Waals surface area contributed by atoms with E-state index in [2.05, 4.69) is 10.6 Å². The van der Waals surface area contributed by atoms with Crippen molar-refractivity contribution in [3.8, 4) is 0 Å². The molecule has 1 aliphatic rings. The molecule has 0 aliphatic heterocycles. The molecule has 1 aliphatic carbocycles. The van der Waals surface area contributed by atoms with E-state index in [1.54, 1.807) is 24.3 Å². The number of hydrogen-bond donors (Lipinski definition) is 3. The van der Waals surface area contributed by atoms with Crippen molar-refractivity contribution in [3.63, 3.8) is 0 Å². The molecule has 3 unspecified atom stereocenters. The van der Waals surface area contributed by atoms with E-state index in [0.717, 1.165) is 12.0 Å². The van der Waals surface area contributed by atoms with Crippen molar-refractivity contribution < 1.29 is 19.5 Å². The molecule has 0 radical (unpaired) electrons. The van der Waals surface area contributed by atoms with Crippen LogP contribution >= 0.6 is 0 Å². The molecule has 152 valence electrons. The first-order chi connectivity index (χ1) is 13.9. The van der Waals surface area contributed by atoms with Gasteiger partial charge in [-0.1, -0.05) is 43.3 Å². The van der Waals surface area contributed by atoms with Crippen LogP contribution in [0.5, 0.6) is 0 Å². The SMILES string of the molecule is CC1CC1C(=O)Nc1cccc(C(=O)NC(CCC(=O)O)Cc2ccccc2)c1. The van der Waals surface area contributed by atoms with Crippen molar-refractivity contribution in [1.29, 1.82) is 0 Å². The van der Waals surface area contributed by atoms with E-state index in [1.165, 1.54) is 0 Å². The second-order valence-electron chi connectivity index (χ2n) is 7.68. The van der Waals surface area contributed by atoms with Crippen LogP contribution in [0.4, 0.5) is 5.69 Å². The van der Waals surface area contributed by atoms with Crippen LogP contribution in [0.1, 0.15) is 42.1 Å². The Morgan fingerprint density at radius 3 is 2.48 bits per heavy atom. The molecule has 6 nitrogen and oxygen atoms in total. The number of hydrogen-bond acceptors (Lipinski definition) is 3.